The fourth-order valence-corrected chi connectivity index (χ4v) is 4.90. The molecule has 4 rings (SSSR count). The van der Waals surface area contributed by atoms with Crippen molar-refractivity contribution in [2.45, 2.75) is 5.41 Å². The molecule has 208 valence electrons. The molecule has 0 saturated heterocycles. The largest absolute Gasteiger partial charge is 0.465 e. The zero-order chi connectivity index (χ0) is 29.6. The first-order valence-electron chi connectivity index (χ1n) is 12.6. The molecule has 0 aliphatic rings. The first kappa shape index (κ1) is 28.8. The van der Waals surface area contributed by atoms with Crippen molar-refractivity contribution in [2.24, 2.45) is 0 Å². The lowest BCUT2D eigenvalue weighted by atomic mass is 9.65. The van der Waals surface area contributed by atoms with Gasteiger partial charge < -0.3 is 18.9 Å². The van der Waals surface area contributed by atoms with Gasteiger partial charge in [-0.05, 0) is 70.8 Å². The van der Waals surface area contributed by atoms with E-state index >= 15 is 0 Å². The highest BCUT2D eigenvalue weighted by Gasteiger charge is 2.39. The van der Waals surface area contributed by atoms with E-state index in [1.54, 1.807) is 48.5 Å². The Morgan fingerprint density at radius 3 is 0.683 bits per heavy atom. The average Bonchev–Trinajstić information content (AvgIpc) is 3.04. The summed E-state index contributed by atoms with van der Waals surface area (Å²) in [5, 5.41) is 0. The van der Waals surface area contributed by atoms with Gasteiger partial charge in [0.25, 0.3) is 0 Å². The minimum Gasteiger partial charge on any atom is -0.465 e. The molecule has 4 aromatic rings. The standard InChI is InChI=1S/C33H28O8/c1-38-29(34)21-5-13-25(14-6-21)33(26-15-7-22(8-16-26)30(35)39-2,27-17-9-23(10-18-27)31(36)40-3)28-19-11-24(12-20-28)32(37)41-4/h5-20H,1-4H3. The molecule has 0 N–H and O–H groups in total. The molecule has 0 amide bonds. The molecule has 0 heterocycles. The van der Waals surface area contributed by atoms with Gasteiger partial charge in [0.05, 0.1) is 56.1 Å². The Bertz CT molecular complexity index is 1310. The summed E-state index contributed by atoms with van der Waals surface area (Å²) >= 11 is 0. The zero-order valence-corrected chi connectivity index (χ0v) is 23.0. The van der Waals surface area contributed by atoms with Gasteiger partial charge in [-0.1, -0.05) is 48.5 Å². The Labute approximate surface area is 237 Å². The Balaban J connectivity index is 2.05. The number of esters is 4. The van der Waals surface area contributed by atoms with Crippen LogP contribution in [0.15, 0.2) is 97.1 Å². The number of rotatable bonds is 8. The smallest absolute Gasteiger partial charge is 0.337 e. The van der Waals surface area contributed by atoms with E-state index in [1.807, 2.05) is 48.5 Å². The van der Waals surface area contributed by atoms with Crippen molar-refractivity contribution >= 4 is 23.9 Å². The molecule has 0 fully saturated rings. The highest BCUT2D eigenvalue weighted by atomic mass is 16.5. The normalized spacial score (nSPS) is 10.8. The maximum absolute atomic E-state index is 12.2. The number of hydrogen-bond acceptors (Lipinski definition) is 8. The molecule has 0 radical (unpaired) electrons. The third-order valence-corrected chi connectivity index (χ3v) is 6.96. The van der Waals surface area contributed by atoms with Crippen molar-refractivity contribution in [3.63, 3.8) is 0 Å². The highest BCUT2D eigenvalue weighted by molar-refractivity contribution is 5.91. The predicted molar refractivity (Wildman–Crippen MR) is 150 cm³/mol. The monoisotopic (exact) mass is 552 g/mol. The van der Waals surface area contributed by atoms with Crippen LogP contribution in [0.1, 0.15) is 63.7 Å². The number of carbonyl (C=O) groups is 4. The number of methoxy groups -OCH3 is 4. The van der Waals surface area contributed by atoms with Crippen molar-refractivity contribution in [1.82, 2.24) is 0 Å². The van der Waals surface area contributed by atoms with Crippen LogP contribution in [-0.2, 0) is 24.4 Å². The topological polar surface area (TPSA) is 105 Å². The minimum absolute atomic E-state index is 0.369. The molecular formula is C33H28O8. The number of ether oxygens (including phenoxy) is 4. The summed E-state index contributed by atoms with van der Waals surface area (Å²) in [4.78, 5) is 48.9. The molecule has 0 aliphatic heterocycles. The van der Waals surface area contributed by atoms with E-state index in [4.69, 9.17) is 18.9 Å². The van der Waals surface area contributed by atoms with Gasteiger partial charge >= 0.3 is 23.9 Å². The van der Waals surface area contributed by atoms with Crippen LogP contribution in [-0.4, -0.2) is 52.3 Å². The number of carbonyl (C=O) groups excluding carboxylic acids is 4. The molecule has 0 aromatic heterocycles. The van der Waals surface area contributed by atoms with E-state index < -0.39 is 29.3 Å². The van der Waals surface area contributed by atoms with Crippen molar-refractivity contribution in [3.05, 3.63) is 142 Å². The third kappa shape index (κ3) is 5.45. The number of hydrogen-bond donors (Lipinski definition) is 0. The molecule has 8 nitrogen and oxygen atoms in total. The van der Waals surface area contributed by atoms with Crippen LogP contribution in [0, 0.1) is 0 Å². The second-order valence-electron chi connectivity index (χ2n) is 9.03. The quantitative estimate of drug-likeness (QED) is 0.167. The van der Waals surface area contributed by atoms with Gasteiger partial charge in [-0.25, -0.2) is 19.2 Å². The van der Waals surface area contributed by atoms with Crippen LogP contribution in [0.5, 0.6) is 0 Å². The second-order valence-corrected chi connectivity index (χ2v) is 9.03. The van der Waals surface area contributed by atoms with Crippen LogP contribution < -0.4 is 0 Å². The Hall–Kier alpha value is -5.24. The summed E-state index contributed by atoms with van der Waals surface area (Å²) in [6.07, 6.45) is 0. The fraction of sp³-hybridized carbons (Fsp3) is 0.152. The molecule has 0 unspecified atom stereocenters. The fourth-order valence-electron chi connectivity index (χ4n) is 4.90. The predicted octanol–water partition coefficient (Wildman–Crippen LogP) is 5.22. The van der Waals surface area contributed by atoms with Gasteiger partial charge in [0.15, 0.2) is 0 Å². The highest BCUT2D eigenvalue weighted by Crippen LogP contribution is 2.45. The molecule has 41 heavy (non-hydrogen) atoms. The molecule has 0 saturated carbocycles. The maximum Gasteiger partial charge on any atom is 0.337 e. The summed E-state index contributed by atoms with van der Waals surface area (Å²) in [7, 11) is 5.26. The van der Waals surface area contributed by atoms with E-state index in [0.717, 1.165) is 22.3 Å². The molecular weight excluding hydrogens is 524 g/mol. The van der Waals surface area contributed by atoms with Crippen LogP contribution in [0.25, 0.3) is 0 Å². The van der Waals surface area contributed by atoms with Crippen LogP contribution in [0.3, 0.4) is 0 Å². The van der Waals surface area contributed by atoms with Gasteiger partial charge in [-0.3, -0.25) is 0 Å². The first-order chi connectivity index (χ1) is 19.8. The van der Waals surface area contributed by atoms with Gasteiger partial charge in [0.1, 0.15) is 0 Å². The minimum atomic E-state index is -1.02. The lowest BCUT2D eigenvalue weighted by molar-refractivity contribution is 0.0592. The zero-order valence-electron chi connectivity index (χ0n) is 23.0. The first-order valence-corrected chi connectivity index (χ1v) is 12.6. The summed E-state index contributed by atoms with van der Waals surface area (Å²) < 4.78 is 19.5. The van der Waals surface area contributed by atoms with E-state index in [-0.39, 0.29) is 0 Å². The lowest BCUT2D eigenvalue weighted by Gasteiger charge is -2.37. The van der Waals surface area contributed by atoms with Gasteiger partial charge in [-0.2, -0.15) is 0 Å². The van der Waals surface area contributed by atoms with Crippen LogP contribution in [0.2, 0.25) is 0 Å². The molecule has 8 heteroatoms. The van der Waals surface area contributed by atoms with Crippen LogP contribution >= 0.6 is 0 Å². The van der Waals surface area contributed by atoms with E-state index in [9.17, 15) is 19.2 Å². The maximum atomic E-state index is 12.2. The van der Waals surface area contributed by atoms with Gasteiger partial charge in [0.2, 0.25) is 0 Å². The molecule has 0 spiro atoms. The van der Waals surface area contributed by atoms with Crippen molar-refractivity contribution < 1.29 is 38.1 Å². The van der Waals surface area contributed by atoms with E-state index in [0.29, 0.717) is 22.3 Å². The Morgan fingerprint density at radius 1 is 0.366 bits per heavy atom. The second kappa shape index (κ2) is 12.3. The Morgan fingerprint density at radius 2 is 0.537 bits per heavy atom. The van der Waals surface area contributed by atoms with Crippen molar-refractivity contribution in [1.29, 1.82) is 0 Å². The molecule has 0 atom stereocenters. The Kier molecular flexibility index (Phi) is 8.63. The van der Waals surface area contributed by atoms with E-state index in [1.165, 1.54) is 28.4 Å². The molecule has 0 bridgehead atoms. The van der Waals surface area contributed by atoms with Gasteiger partial charge in [-0.15, -0.1) is 0 Å². The summed E-state index contributed by atoms with van der Waals surface area (Å²) in [6, 6.07) is 27.9. The lowest BCUT2D eigenvalue weighted by Crippen LogP contribution is -2.31. The molecule has 0 aliphatic carbocycles. The SMILES string of the molecule is COC(=O)c1ccc(C(c2ccc(C(=O)OC)cc2)(c2ccc(C(=O)OC)cc2)c2ccc(C(=O)OC)cc2)cc1. The average molecular weight is 553 g/mol. The van der Waals surface area contributed by atoms with Gasteiger partial charge in [0, 0.05) is 0 Å². The third-order valence-electron chi connectivity index (χ3n) is 6.96. The summed E-state index contributed by atoms with van der Waals surface area (Å²) in [6.45, 7) is 0. The summed E-state index contributed by atoms with van der Waals surface area (Å²) in [5.74, 6) is -1.91. The summed E-state index contributed by atoms with van der Waals surface area (Å²) in [5.41, 5.74) is 3.54. The van der Waals surface area contributed by atoms with Crippen molar-refractivity contribution in [3.8, 4) is 0 Å². The molecule has 4 aromatic carbocycles. The van der Waals surface area contributed by atoms with Crippen molar-refractivity contribution in [2.75, 3.05) is 28.4 Å². The van der Waals surface area contributed by atoms with Crippen LogP contribution in [0.4, 0.5) is 0 Å². The number of benzene rings is 4. The van der Waals surface area contributed by atoms with E-state index in [2.05, 4.69) is 0 Å².